The molecule has 4 atom stereocenters. The van der Waals surface area contributed by atoms with Crippen molar-refractivity contribution in [1.82, 2.24) is 0 Å². The van der Waals surface area contributed by atoms with Gasteiger partial charge in [-0.1, -0.05) is 18.2 Å². The van der Waals surface area contributed by atoms with Gasteiger partial charge in [-0.3, -0.25) is 0 Å². The fourth-order valence-electron chi connectivity index (χ4n) is 2.25. The Morgan fingerprint density at radius 3 is 2.74 bits per heavy atom. The molecule has 0 saturated carbocycles. The molecular formula is C14H18O4S. The van der Waals surface area contributed by atoms with Gasteiger partial charge >= 0.3 is 5.97 Å². The highest BCUT2D eigenvalue weighted by Gasteiger charge is 2.37. The van der Waals surface area contributed by atoms with Gasteiger partial charge in [-0.25, -0.2) is 4.79 Å². The number of aliphatic hydroxyl groups is 1. The van der Waals surface area contributed by atoms with Crippen LogP contribution in [-0.4, -0.2) is 41.1 Å². The van der Waals surface area contributed by atoms with Gasteiger partial charge in [0.1, 0.15) is 6.10 Å². The van der Waals surface area contributed by atoms with Gasteiger partial charge in [0.2, 0.25) is 0 Å². The Morgan fingerprint density at radius 2 is 2.11 bits per heavy atom. The van der Waals surface area contributed by atoms with E-state index >= 15 is 0 Å². The fraction of sp³-hybridized carbons (Fsp3) is 0.500. The minimum Gasteiger partial charge on any atom is -0.457 e. The van der Waals surface area contributed by atoms with Crippen LogP contribution < -0.4 is 0 Å². The molecule has 0 unspecified atom stereocenters. The van der Waals surface area contributed by atoms with Gasteiger partial charge in [0.15, 0.2) is 6.29 Å². The minimum atomic E-state index is -0.869. The molecule has 0 amide bonds. The first-order valence-electron chi connectivity index (χ1n) is 6.24. The summed E-state index contributed by atoms with van der Waals surface area (Å²) in [5.74, 6) is -0.356. The van der Waals surface area contributed by atoms with Gasteiger partial charge < -0.3 is 14.6 Å². The molecule has 1 saturated heterocycles. The summed E-state index contributed by atoms with van der Waals surface area (Å²) >= 11 is 1.59. The van der Waals surface area contributed by atoms with Gasteiger partial charge in [-0.05, 0) is 25.3 Å². The summed E-state index contributed by atoms with van der Waals surface area (Å²) < 4.78 is 10.9. The second kappa shape index (κ2) is 6.41. The third-order valence-corrected chi connectivity index (χ3v) is 4.41. The summed E-state index contributed by atoms with van der Waals surface area (Å²) in [7, 11) is 0. The summed E-state index contributed by atoms with van der Waals surface area (Å²) in [6, 6.07) is 8.88. The molecule has 1 fully saturated rings. The SMILES string of the molecule is CS[C@H]1[C@@H](C)O[C@H](O)C[C@H]1OC(=O)c1ccccc1. The van der Waals surface area contributed by atoms with Crippen LogP contribution in [-0.2, 0) is 9.47 Å². The van der Waals surface area contributed by atoms with E-state index in [1.807, 2.05) is 19.2 Å². The number of rotatable bonds is 3. The van der Waals surface area contributed by atoms with Gasteiger partial charge in [0, 0.05) is 6.42 Å². The molecule has 1 aliphatic heterocycles. The van der Waals surface area contributed by atoms with Crippen LogP contribution in [0.25, 0.3) is 0 Å². The third-order valence-electron chi connectivity index (χ3n) is 3.17. The van der Waals surface area contributed by atoms with Crippen LogP contribution >= 0.6 is 11.8 Å². The molecule has 19 heavy (non-hydrogen) atoms. The van der Waals surface area contributed by atoms with Crippen LogP contribution in [0.3, 0.4) is 0 Å². The van der Waals surface area contributed by atoms with Gasteiger partial charge in [-0.15, -0.1) is 0 Å². The van der Waals surface area contributed by atoms with Crippen molar-refractivity contribution in [2.45, 2.75) is 37.1 Å². The van der Waals surface area contributed by atoms with Crippen LogP contribution in [0.5, 0.6) is 0 Å². The molecule has 4 nitrogen and oxygen atoms in total. The molecule has 2 rings (SSSR count). The molecule has 104 valence electrons. The summed E-state index contributed by atoms with van der Waals surface area (Å²) in [5.41, 5.74) is 0.524. The van der Waals surface area contributed by atoms with Crippen molar-refractivity contribution >= 4 is 17.7 Å². The lowest BCUT2D eigenvalue weighted by atomic mass is 10.1. The van der Waals surface area contributed by atoms with Crippen molar-refractivity contribution in [2.75, 3.05) is 6.26 Å². The topological polar surface area (TPSA) is 55.8 Å². The average molecular weight is 282 g/mol. The van der Waals surface area contributed by atoms with Crippen molar-refractivity contribution in [3.05, 3.63) is 35.9 Å². The number of aliphatic hydroxyl groups excluding tert-OH is 1. The zero-order valence-electron chi connectivity index (χ0n) is 11.0. The summed E-state index contributed by atoms with van der Waals surface area (Å²) in [6.45, 7) is 1.88. The molecule has 1 N–H and O–H groups in total. The van der Waals surface area contributed by atoms with Crippen molar-refractivity contribution in [3.8, 4) is 0 Å². The Hall–Kier alpha value is -1.04. The van der Waals surface area contributed by atoms with Crippen molar-refractivity contribution in [1.29, 1.82) is 0 Å². The number of carbonyl (C=O) groups is 1. The number of hydrogen-bond acceptors (Lipinski definition) is 5. The van der Waals surface area contributed by atoms with E-state index in [-0.39, 0.29) is 23.4 Å². The number of ether oxygens (including phenoxy) is 2. The Balaban J connectivity index is 2.06. The van der Waals surface area contributed by atoms with Gasteiger partial charge in [0.05, 0.1) is 16.9 Å². The highest BCUT2D eigenvalue weighted by molar-refractivity contribution is 7.99. The van der Waals surface area contributed by atoms with Gasteiger partial charge in [0.25, 0.3) is 0 Å². The first kappa shape index (κ1) is 14.4. The lowest BCUT2D eigenvalue weighted by Gasteiger charge is -2.37. The van der Waals surface area contributed by atoms with Crippen LogP contribution in [0.4, 0.5) is 0 Å². The normalized spacial score (nSPS) is 30.9. The minimum absolute atomic E-state index is 0.0380. The van der Waals surface area contributed by atoms with E-state index in [1.165, 1.54) is 0 Å². The molecule has 0 spiro atoms. The van der Waals surface area contributed by atoms with Crippen LogP contribution in [0.15, 0.2) is 30.3 Å². The zero-order valence-corrected chi connectivity index (χ0v) is 11.8. The second-order valence-corrected chi connectivity index (χ2v) is 5.56. The van der Waals surface area contributed by atoms with Crippen LogP contribution in [0.2, 0.25) is 0 Å². The first-order chi connectivity index (χ1) is 9.11. The molecule has 0 radical (unpaired) electrons. The Morgan fingerprint density at radius 1 is 1.42 bits per heavy atom. The van der Waals surface area contributed by atoms with Gasteiger partial charge in [-0.2, -0.15) is 11.8 Å². The Bertz CT molecular complexity index is 423. The molecular weight excluding hydrogens is 264 g/mol. The predicted molar refractivity (Wildman–Crippen MR) is 74.1 cm³/mol. The monoisotopic (exact) mass is 282 g/mol. The van der Waals surface area contributed by atoms with Crippen molar-refractivity contribution in [3.63, 3.8) is 0 Å². The van der Waals surface area contributed by atoms with E-state index in [9.17, 15) is 9.90 Å². The Kier molecular flexibility index (Phi) is 4.85. The van der Waals surface area contributed by atoms with Crippen LogP contribution in [0, 0.1) is 0 Å². The zero-order chi connectivity index (χ0) is 13.8. The largest absolute Gasteiger partial charge is 0.457 e. The van der Waals surface area contributed by atoms with E-state index < -0.39 is 6.29 Å². The summed E-state index contributed by atoms with van der Waals surface area (Å²) in [5, 5.41) is 9.66. The Labute approximate surface area is 117 Å². The smallest absolute Gasteiger partial charge is 0.338 e. The maximum Gasteiger partial charge on any atom is 0.338 e. The average Bonchev–Trinajstić information content (AvgIpc) is 2.39. The van der Waals surface area contributed by atoms with E-state index in [4.69, 9.17) is 9.47 Å². The first-order valence-corrected chi connectivity index (χ1v) is 7.53. The summed E-state index contributed by atoms with van der Waals surface area (Å²) in [6.07, 6.45) is 0.917. The lowest BCUT2D eigenvalue weighted by Crippen LogP contribution is -2.47. The van der Waals surface area contributed by atoms with Crippen LogP contribution in [0.1, 0.15) is 23.7 Å². The highest BCUT2D eigenvalue weighted by Crippen LogP contribution is 2.30. The molecule has 1 heterocycles. The maximum atomic E-state index is 12.0. The van der Waals surface area contributed by atoms with E-state index in [0.29, 0.717) is 12.0 Å². The predicted octanol–water partition coefficient (Wildman–Crippen LogP) is 2.07. The van der Waals surface area contributed by atoms with E-state index in [0.717, 1.165) is 0 Å². The third kappa shape index (κ3) is 3.49. The summed E-state index contributed by atoms with van der Waals surface area (Å²) in [4.78, 5) is 12.0. The van der Waals surface area contributed by atoms with E-state index in [2.05, 4.69) is 0 Å². The number of benzene rings is 1. The highest BCUT2D eigenvalue weighted by atomic mass is 32.2. The molecule has 5 heteroatoms. The quantitative estimate of drug-likeness (QED) is 0.860. The molecule has 0 bridgehead atoms. The van der Waals surface area contributed by atoms with Crippen molar-refractivity contribution in [2.24, 2.45) is 0 Å². The molecule has 1 aromatic carbocycles. The second-order valence-electron chi connectivity index (χ2n) is 4.54. The fourth-order valence-corrected chi connectivity index (χ4v) is 3.17. The number of esters is 1. The number of carbonyl (C=O) groups excluding carboxylic acids is 1. The number of thioether (sulfide) groups is 1. The van der Waals surface area contributed by atoms with Crippen molar-refractivity contribution < 1.29 is 19.4 Å². The molecule has 1 aliphatic rings. The standard InChI is InChI=1S/C14H18O4S/c1-9-13(19-2)11(8-12(15)17-9)18-14(16)10-6-4-3-5-7-10/h3-7,9,11-13,15H,8H2,1-2H3/t9-,11-,12+,13+/m1/s1. The molecule has 0 aliphatic carbocycles. The number of hydrogen-bond donors (Lipinski definition) is 1. The maximum absolute atomic E-state index is 12.0. The lowest BCUT2D eigenvalue weighted by molar-refractivity contribution is -0.180. The molecule has 1 aromatic rings. The molecule has 0 aromatic heterocycles. The van der Waals surface area contributed by atoms with E-state index in [1.54, 1.807) is 36.0 Å².